The minimum atomic E-state index is -0.273. The second kappa shape index (κ2) is 6.62. The third-order valence-electron chi connectivity index (χ3n) is 2.94. The van der Waals surface area contributed by atoms with Crippen LogP contribution in [0, 0.1) is 0 Å². The van der Waals surface area contributed by atoms with Crippen molar-refractivity contribution in [2.45, 2.75) is 20.0 Å². The summed E-state index contributed by atoms with van der Waals surface area (Å²) in [6.07, 6.45) is 0.126. The lowest BCUT2D eigenvalue weighted by molar-refractivity contribution is 0.242. The highest BCUT2D eigenvalue weighted by Crippen LogP contribution is 2.20. The Morgan fingerprint density at radius 3 is 2.57 bits per heavy atom. The van der Waals surface area contributed by atoms with Crippen LogP contribution < -0.4 is 15.6 Å². The Labute approximate surface area is 137 Å². The van der Waals surface area contributed by atoms with Crippen molar-refractivity contribution in [3.63, 3.8) is 0 Å². The molecule has 7 heteroatoms. The molecule has 3 rings (SSSR count). The molecule has 1 aromatic carbocycles. The van der Waals surface area contributed by atoms with Crippen LogP contribution in [0.4, 0.5) is 11.6 Å². The van der Waals surface area contributed by atoms with Gasteiger partial charge in [0.05, 0.1) is 11.0 Å². The summed E-state index contributed by atoms with van der Waals surface area (Å²) in [6, 6.07) is 11.1. The molecule has 2 aromatic heterocycles. The molecule has 0 aliphatic carbocycles. The summed E-state index contributed by atoms with van der Waals surface area (Å²) in [4.78, 5) is 15.6. The lowest BCUT2D eigenvalue weighted by Crippen LogP contribution is -2.15. The van der Waals surface area contributed by atoms with Gasteiger partial charge in [0.15, 0.2) is 5.69 Å². The normalized spacial score (nSPS) is 10.7. The van der Waals surface area contributed by atoms with Gasteiger partial charge in [0, 0.05) is 5.69 Å². The third kappa shape index (κ3) is 3.75. The molecule has 6 nitrogen and oxygen atoms in total. The Balaban J connectivity index is 1.76. The zero-order valence-corrected chi connectivity index (χ0v) is 13.6. The number of hydrogen-bond acceptors (Lipinski definition) is 6. The molecule has 0 saturated heterocycles. The first-order valence-corrected chi connectivity index (χ1v) is 8.04. The van der Waals surface area contributed by atoms with Crippen LogP contribution in [0.3, 0.4) is 0 Å². The Morgan fingerprint density at radius 1 is 1.17 bits per heavy atom. The van der Waals surface area contributed by atoms with E-state index in [1.807, 2.05) is 55.6 Å². The largest absolute Gasteiger partial charge is 0.491 e. The van der Waals surface area contributed by atoms with Gasteiger partial charge in [-0.15, -0.1) is 21.5 Å². The first kappa shape index (κ1) is 15.2. The monoisotopic (exact) mass is 328 g/mol. The predicted molar refractivity (Wildman–Crippen MR) is 91.5 cm³/mol. The molecule has 2 heterocycles. The van der Waals surface area contributed by atoms with Crippen LogP contribution >= 0.6 is 11.3 Å². The van der Waals surface area contributed by atoms with Crippen LogP contribution in [0.5, 0.6) is 5.75 Å². The SMILES string of the molecule is CC(C)Oc1ccc(Nc2nnc(-c3cccs3)c(=O)[nH]2)cc1. The van der Waals surface area contributed by atoms with Crippen molar-refractivity contribution in [2.75, 3.05) is 5.32 Å². The molecular weight excluding hydrogens is 312 g/mol. The fraction of sp³-hybridized carbons (Fsp3) is 0.188. The van der Waals surface area contributed by atoms with E-state index < -0.39 is 0 Å². The van der Waals surface area contributed by atoms with Crippen molar-refractivity contribution in [3.05, 3.63) is 52.1 Å². The Kier molecular flexibility index (Phi) is 4.38. The van der Waals surface area contributed by atoms with Gasteiger partial charge in [-0.1, -0.05) is 6.07 Å². The molecule has 23 heavy (non-hydrogen) atoms. The molecule has 0 spiro atoms. The maximum Gasteiger partial charge on any atom is 0.280 e. The standard InChI is InChI=1S/C16H16N4O2S/c1-10(2)22-12-7-5-11(6-8-12)17-16-18-15(21)14(19-20-16)13-4-3-9-23-13/h3-10H,1-2H3,(H2,17,18,20,21). The van der Waals surface area contributed by atoms with Crippen molar-refractivity contribution in [2.24, 2.45) is 0 Å². The highest BCUT2D eigenvalue weighted by molar-refractivity contribution is 7.13. The number of ether oxygens (including phenoxy) is 1. The van der Waals surface area contributed by atoms with E-state index in [0.29, 0.717) is 11.6 Å². The molecule has 118 valence electrons. The van der Waals surface area contributed by atoms with Crippen LogP contribution in [-0.2, 0) is 0 Å². The van der Waals surface area contributed by atoms with Crippen LogP contribution in [-0.4, -0.2) is 21.3 Å². The van der Waals surface area contributed by atoms with Crippen molar-refractivity contribution >= 4 is 23.0 Å². The fourth-order valence-electron chi connectivity index (χ4n) is 1.99. The molecule has 0 unspecified atom stereocenters. The summed E-state index contributed by atoms with van der Waals surface area (Å²) in [5.41, 5.74) is 0.839. The van der Waals surface area contributed by atoms with E-state index >= 15 is 0 Å². The molecule has 0 amide bonds. The number of nitrogens with zero attached hydrogens (tertiary/aromatic N) is 2. The number of benzene rings is 1. The van der Waals surface area contributed by atoms with Crippen LogP contribution in [0.15, 0.2) is 46.6 Å². The topological polar surface area (TPSA) is 79.9 Å². The lowest BCUT2D eigenvalue weighted by Gasteiger charge is -2.10. The average Bonchev–Trinajstić information content (AvgIpc) is 3.03. The second-order valence-electron chi connectivity index (χ2n) is 5.14. The number of aromatic nitrogens is 3. The van der Waals surface area contributed by atoms with Gasteiger partial charge < -0.3 is 10.1 Å². The number of anilines is 2. The number of H-pyrrole nitrogens is 1. The van der Waals surface area contributed by atoms with Gasteiger partial charge in [0.2, 0.25) is 5.95 Å². The first-order chi connectivity index (χ1) is 11.1. The number of hydrogen-bond donors (Lipinski definition) is 2. The maximum absolute atomic E-state index is 12.1. The zero-order valence-electron chi connectivity index (χ0n) is 12.7. The van der Waals surface area contributed by atoms with Crippen molar-refractivity contribution in [3.8, 4) is 16.3 Å². The second-order valence-corrected chi connectivity index (χ2v) is 6.09. The van der Waals surface area contributed by atoms with Gasteiger partial charge in [0.1, 0.15) is 5.75 Å². The number of nitrogens with one attached hydrogen (secondary N) is 2. The molecule has 0 fully saturated rings. The minimum Gasteiger partial charge on any atom is -0.491 e. The molecule has 2 N–H and O–H groups in total. The van der Waals surface area contributed by atoms with Gasteiger partial charge in [-0.2, -0.15) is 0 Å². The van der Waals surface area contributed by atoms with Gasteiger partial charge >= 0.3 is 0 Å². The summed E-state index contributed by atoms with van der Waals surface area (Å²) in [7, 11) is 0. The summed E-state index contributed by atoms with van der Waals surface area (Å²) in [6.45, 7) is 3.95. The van der Waals surface area contributed by atoms with Crippen LogP contribution in [0.1, 0.15) is 13.8 Å². The number of aromatic amines is 1. The Morgan fingerprint density at radius 2 is 1.96 bits per heavy atom. The molecule has 0 radical (unpaired) electrons. The zero-order chi connectivity index (χ0) is 16.2. The van der Waals surface area contributed by atoms with E-state index in [2.05, 4.69) is 20.5 Å². The maximum atomic E-state index is 12.1. The molecule has 0 atom stereocenters. The van der Waals surface area contributed by atoms with Gasteiger partial charge in [-0.05, 0) is 49.6 Å². The first-order valence-electron chi connectivity index (χ1n) is 7.16. The lowest BCUT2D eigenvalue weighted by atomic mass is 10.3. The summed E-state index contributed by atoms with van der Waals surface area (Å²) < 4.78 is 5.58. The molecular formula is C16H16N4O2S. The van der Waals surface area contributed by atoms with Crippen molar-refractivity contribution in [1.29, 1.82) is 0 Å². The number of thiophene rings is 1. The smallest absolute Gasteiger partial charge is 0.280 e. The molecule has 0 aliphatic rings. The van der Waals surface area contributed by atoms with Gasteiger partial charge in [0.25, 0.3) is 5.56 Å². The summed E-state index contributed by atoms with van der Waals surface area (Å²) in [5, 5.41) is 12.9. The van der Waals surface area contributed by atoms with E-state index in [1.54, 1.807) is 0 Å². The highest BCUT2D eigenvalue weighted by atomic mass is 32.1. The molecule has 0 aliphatic heterocycles. The molecule has 3 aromatic rings. The summed E-state index contributed by atoms with van der Waals surface area (Å²) in [5.74, 6) is 1.09. The molecule has 0 saturated carbocycles. The van der Waals surface area contributed by atoms with E-state index in [0.717, 1.165) is 16.3 Å². The van der Waals surface area contributed by atoms with E-state index in [-0.39, 0.29) is 11.7 Å². The highest BCUT2D eigenvalue weighted by Gasteiger charge is 2.08. The average molecular weight is 328 g/mol. The van der Waals surface area contributed by atoms with E-state index in [4.69, 9.17) is 4.74 Å². The van der Waals surface area contributed by atoms with Gasteiger partial charge in [-0.25, -0.2) is 0 Å². The predicted octanol–water partition coefficient (Wildman–Crippen LogP) is 3.42. The quantitative estimate of drug-likeness (QED) is 0.750. The van der Waals surface area contributed by atoms with E-state index in [9.17, 15) is 4.79 Å². The Hall–Kier alpha value is -2.67. The number of rotatable bonds is 5. The summed E-state index contributed by atoms with van der Waals surface area (Å²) >= 11 is 1.45. The van der Waals surface area contributed by atoms with Gasteiger partial charge in [-0.3, -0.25) is 9.78 Å². The molecule has 0 bridgehead atoms. The van der Waals surface area contributed by atoms with E-state index in [1.165, 1.54) is 11.3 Å². The van der Waals surface area contributed by atoms with Crippen molar-refractivity contribution in [1.82, 2.24) is 15.2 Å². The van der Waals surface area contributed by atoms with Crippen LogP contribution in [0.2, 0.25) is 0 Å². The van der Waals surface area contributed by atoms with Crippen LogP contribution in [0.25, 0.3) is 10.6 Å². The minimum absolute atomic E-state index is 0.126. The third-order valence-corrected chi connectivity index (χ3v) is 3.82. The van der Waals surface area contributed by atoms with Crippen molar-refractivity contribution < 1.29 is 4.74 Å². The fourth-order valence-corrected chi connectivity index (χ4v) is 2.70. The Bertz CT molecular complexity index is 826.